The monoisotopic (exact) mass is 415 g/mol. The first-order chi connectivity index (χ1) is 13.6. The van der Waals surface area contributed by atoms with Gasteiger partial charge in [-0.1, -0.05) is 0 Å². The van der Waals surface area contributed by atoms with Gasteiger partial charge >= 0.3 is 12.1 Å². The van der Waals surface area contributed by atoms with Gasteiger partial charge in [-0.05, 0) is 40.0 Å². The van der Waals surface area contributed by atoms with Crippen molar-refractivity contribution in [1.82, 2.24) is 20.4 Å². The van der Waals surface area contributed by atoms with E-state index < -0.39 is 12.1 Å². The number of carbonyl (C=O) groups is 3. The molecule has 0 aromatic heterocycles. The molecule has 0 saturated carbocycles. The Morgan fingerprint density at radius 3 is 2.24 bits per heavy atom. The van der Waals surface area contributed by atoms with Crippen molar-refractivity contribution >= 4 is 18.0 Å². The number of hydrogen-bond donors (Lipinski definition) is 3. The number of unbranched alkanes of at least 4 members (excludes halogenated alkanes) is 1. The van der Waals surface area contributed by atoms with Crippen molar-refractivity contribution in [2.45, 2.75) is 51.6 Å². The highest BCUT2D eigenvalue weighted by Crippen LogP contribution is 2.08. The number of carbonyl (C=O) groups excluding carboxylic acids is 3. The van der Waals surface area contributed by atoms with Gasteiger partial charge in [-0.2, -0.15) is 0 Å². The molecule has 10 nitrogen and oxygen atoms in total. The van der Waals surface area contributed by atoms with Crippen molar-refractivity contribution in [1.29, 1.82) is 0 Å². The number of methoxy groups -OCH3 is 1. The van der Waals surface area contributed by atoms with Gasteiger partial charge in [-0.15, -0.1) is 0 Å². The Kier molecular flexibility index (Phi) is 10.7. The van der Waals surface area contributed by atoms with Crippen LogP contribution < -0.4 is 16.4 Å². The summed E-state index contributed by atoms with van der Waals surface area (Å²) in [6.45, 7) is 8.76. The van der Waals surface area contributed by atoms with Gasteiger partial charge in [-0.3, -0.25) is 4.79 Å². The summed E-state index contributed by atoms with van der Waals surface area (Å²) in [7, 11) is 1.58. The minimum absolute atomic E-state index is 0.101. The molecule has 4 N–H and O–H groups in total. The van der Waals surface area contributed by atoms with E-state index in [1.807, 2.05) is 20.8 Å². The first kappa shape index (κ1) is 25.0. The average molecular weight is 416 g/mol. The first-order valence-electron chi connectivity index (χ1n) is 10.1. The van der Waals surface area contributed by atoms with Crippen LogP contribution in [0.2, 0.25) is 0 Å². The first-order valence-corrected chi connectivity index (χ1v) is 10.1. The van der Waals surface area contributed by atoms with Crippen LogP contribution in [0, 0.1) is 0 Å². The summed E-state index contributed by atoms with van der Waals surface area (Å²) in [6, 6.07) is -0.727. The third-order valence-corrected chi connectivity index (χ3v) is 4.40. The van der Waals surface area contributed by atoms with Crippen LogP contribution >= 0.6 is 0 Å². The molecule has 1 rings (SSSR count). The molecule has 29 heavy (non-hydrogen) atoms. The van der Waals surface area contributed by atoms with Crippen molar-refractivity contribution in [3.63, 3.8) is 0 Å². The molecule has 0 aromatic carbocycles. The number of urea groups is 1. The lowest BCUT2D eigenvalue weighted by Gasteiger charge is -2.35. The number of nitrogens with zero attached hydrogens (tertiary/aromatic N) is 2. The molecule has 0 aromatic rings. The Balaban J connectivity index is 2.20. The average Bonchev–Trinajstić information content (AvgIpc) is 2.65. The largest absolute Gasteiger partial charge is 0.450 e. The predicted molar refractivity (Wildman–Crippen MR) is 109 cm³/mol. The van der Waals surface area contributed by atoms with Crippen molar-refractivity contribution in [3.05, 3.63) is 0 Å². The highest BCUT2D eigenvalue weighted by molar-refractivity contribution is 5.82. The number of ether oxygens (including phenoxy) is 2. The maximum Gasteiger partial charge on any atom is 0.407 e. The molecule has 4 amide bonds. The van der Waals surface area contributed by atoms with Crippen LogP contribution in [0.25, 0.3) is 0 Å². The highest BCUT2D eigenvalue weighted by Gasteiger charge is 2.26. The maximum absolute atomic E-state index is 12.5. The quantitative estimate of drug-likeness (QED) is 0.471. The van der Waals surface area contributed by atoms with Crippen molar-refractivity contribution in [2.24, 2.45) is 5.73 Å². The Bertz CT molecular complexity index is 530. The van der Waals surface area contributed by atoms with E-state index in [0.717, 1.165) is 0 Å². The zero-order chi connectivity index (χ0) is 21.9. The van der Waals surface area contributed by atoms with Crippen molar-refractivity contribution in [2.75, 3.05) is 53.0 Å². The molecule has 1 aliphatic heterocycles. The van der Waals surface area contributed by atoms with E-state index in [9.17, 15) is 14.4 Å². The summed E-state index contributed by atoms with van der Waals surface area (Å²) >= 11 is 0. The third-order valence-electron chi connectivity index (χ3n) is 4.40. The zero-order valence-electron chi connectivity index (χ0n) is 18.2. The molecule has 1 heterocycles. The van der Waals surface area contributed by atoms with Gasteiger partial charge in [0.25, 0.3) is 0 Å². The Morgan fingerprint density at radius 1 is 1.03 bits per heavy atom. The number of hydrogen-bond acceptors (Lipinski definition) is 6. The number of nitrogens with one attached hydrogen (secondary N) is 2. The third kappa shape index (κ3) is 10.3. The maximum atomic E-state index is 12.5. The summed E-state index contributed by atoms with van der Waals surface area (Å²) in [5.41, 5.74) is 5.70. The van der Waals surface area contributed by atoms with Gasteiger partial charge in [0.1, 0.15) is 0 Å². The van der Waals surface area contributed by atoms with Gasteiger partial charge in [-0.25, -0.2) is 9.59 Å². The molecule has 0 aliphatic carbocycles. The van der Waals surface area contributed by atoms with Crippen molar-refractivity contribution < 1.29 is 23.9 Å². The Hall–Kier alpha value is -2.07. The Morgan fingerprint density at radius 2 is 1.66 bits per heavy atom. The summed E-state index contributed by atoms with van der Waals surface area (Å²) < 4.78 is 10.0. The molecule has 0 unspecified atom stereocenters. The lowest BCUT2D eigenvalue weighted by molar-refractivity contribution is -0.134. The molecular weight excluding hydrogens is 378 g/mol. The second kappa shape index (κ2) is 12.5. The lowest BCUT2D eigenvalue weighted by Crippen LogP contribution is -2.56. The van der Waals surface area contributed by atoms with E-state index in [4.69, 9.17) is 15.2 Å². The second-order valence-corrected chi connectivity index (χ2v) is 8.15. The second-order valence-electron chi connectivity index (χ2n) is 8.15. The van der Waals surface area contributed by atoms with E-state index in [0.29, 0.717) is 65.2 Å². The fraction of sp³-hybridized carbons (Fsp3) is 0.842. The van der Waals surface area contributed by atoms with Crippen LogP contribution in [-0.4, -0.2) is 92.5 Å². The van der Waals surface area contributed by atoms with Crippen LogP contribution in [0.3, 0.4) is 0 Å². The SMILES string of the molecule is COCCNC(=O)N1CCN(C(=O)[C@H](N)CCCCOC(=O)NC(C)(C)C)CC1. The molecule has 1 saturated heterocycles. The number of amides is 4. The molecule has 168 valence electrons. The van der Waals surface area contributed by atoms with E-state index in [2.05, 4.69) is 10.6 Å². The molecule has 1 fully saturated rings. The lowest BCUT2D eigenvalue weighted by atomic mass is 10.1. The molecule has 0 spiro atoms. The normalized spacial score (nSPS) is 15.6. The van der Waals surface area contributed by atoms with Crippen LogP contribution in [0.5, 0.6) is 0 Å². The van der Waals surface area contributed by atoms with E-state index >= 15 is 0 Å². The Labute approximate surface area is 173 Å². The molecule has 10 heteroatoms. The van der Waals surface area contributed by atoms with Gasteiger partial charge in [0.05, 0.1) is 19.3 Å². The van der Waals surface area contributed by atoms with E-state index in [1.165, 1.54) is 0 Å². The van der Waals surface area contributed by atoms with Crippen LogP contribution in [0.1, 0.15) is 40.0 Å². The fourth-order valence-electron chi connectivity index (χ4n) is 2.83. The zero-order valence-corrected chi connectivity index (χ0v) is 18.2. The summed E-state index contributed by atoms with van der Waals surface area (Å²) in [5.74, 6) is -0.101. The van der Waals surface area contributed by atoms with Crippen LogP contribution in [-0.2, 0) is 14.3 Å². The fourth-order valence-corrected chi connectivity index (χ4v) is 2.83. The van der Waals surface area contributed by atoms with Crippen molar-refractivity contribution in [3.8, 4) is 0 Å². The highest BCUT2D eigenvalue weighted by atomic mass is 16.5. The van der Waals surface area contributed by atoms with E-state index in [-0.39, 0.29) is 17.5 Å². The molecule has 1 aliphatic rings. The van der Waals surface area contributed by atoms with Gasteiger partial charge in [0, 0.05) is 45.4 Å². The molecular formula is C19H37N5O5. The van der Waals surface area contributed by atoms with Gasteiger partial charge in [0.15, 0.2) is 0 Å². The standard InChI is InChI=1S/C19H37N5O5/c1-19(2,3)22-18(27)29-13-6-5-7-15(20)16(25)23-9-11-24(12-10-23)17(26)21-8-14-28-4/h15H,5-14,20H2,1-4H3,(H,21,26)(H,22,27)/t15-/m1/s1. The summed E-state index contributed by atoms with van der Waals surface area (Å²) in [4.78, 5) is 39.4. The van der Waals surface area contributed by atoms with Gasteiger partial charge in [0.2, 0.25) is 5.91 Å². The summed E-state index contributed by atoms with van der Waals surface area (Å²) in [5, 5.41) is 5.49. The minimum Gasteiger partial charge on any atom is -0.450 e. The molecule has 1 atom stereocenters. The molecule has 0 radical (unpaired) electrons. The smallest absolute Gasteiger partial charge is 0.407 e. The molecule has 0 bridgehead atoms. The minimum atomic E-state index is -0.583. The number of rotatable bonds is 9. The summed E-state index contributed by atoms with van der Waals surface area (Å²) in [6.07, 6.45) is 1.42. The van der Waals surface area contributed by atoms with Crippen LogP contribution in [0.15, 0.2) is 0 Å². The number of alkyl carbamates (subject to hydrolysis) is 1. The topological polar surface area (TPSA) is 126 Å². The van der Waals surface area contributed by atoms with Crippen LogP contribution in [0.4, 0.5) is 9.59 Å². The van der Waals surface area contributed by atoms with Gasteiger partial charge < -0.3 is 35.6 Å². The predicted octanol–water partition coefficient (Wildman–Crippen LogP) is 0.509. The number of nitrogens with two attached hydrogens (primary N) is 1. The van der Waals surface area contributed by atoms with E-state index in [1.54, 1.807) is 16.9 Å². The number of piperazine rings is 1.